The molecule has 0 saturated heterocycles. The third kappa shape index (κ3) is 2.40. The van der Waals surface area contributed by atoms with E-state index in [-0.39, 0.29) is 33.8 Å². The Hall–Kier alpha value is -1.59. The molecule has 7 heteroatoms. The summed E-state index contributed by atoms with van der Waals surface area (Å²) in [6.07, 6.45) is 4.81. The minimum absolute atomic E-state index is 0.00330. The van der Waals surface area contributed by atoms with Crippen molar-refractivity contribution in [3.8, 4) is 0 Å². The second kappa shape index (κ2) is 5.31. The molecule has 2 aromatic rings. The molecule has 0 unspecified atom stereocenters. The van der Waals surface area contributed by atoms with Crippen LogP contribution in [0.15, 0.2) is 17.2 Å². The second-order valence-electron chi connectivity index (χ2n) is 4.86. The summed E-state index contributed by atoms with van der Waals surface area (Å²) >= 11 is 12.1. The highest BCUT2D eigenvalue weighted by Crippen LogP contribution is 2.39. The SMILES string of the molecule is CCOC(=O)c1cn(C2CC2)c2c(Cl)c(Cl)ncc2c1=O. The lowest BCUT2D eigenvalue weighted by atomic mass is 10.1. The Morgan fingerprint density at radius 3 is 2.81 bits per heavy atom. The number of nitrogens with zero attached hydrogens (tertiary/aromatic N) is 2. The zero-order chi connectivity index (χ0) is 15.1. The fraction of sp³-hybridized carbons (Fsp3) is 0.357. The molecular weight excluding hydrogens is 315 g/mol. The van der Waals surface area contributed by atoms with Gasteiger partial charge in [-0.1, -0.05) is 23.2 Å². The number of carbonyl (C=O) groups is 1. The molecule has 1 aliphatic rings. The molecule has 3 rings (SSSR count). The van der Waals surface area contributed by atoms with Crippen LogP contribution < -0.4 is 5.43 Å². The molecule has 21 heavy (non-hydrogen) atoms. The summed E-state index contributed by atoms with van der Waals surface area (Å²) in [7, 11) is 0. The van der Waals surface area contributed by atoms with E-state index in [1.165, 1.54) is 12.4 Å². The maximum absolute atomic E-state index is 12.4. The molecule has 0 spiro atoms. The summed E-state index contributed by atoms with van der Waals surface area (Å²) in [6, 6.07) is 0.220. The van der Waals surface area contributed by atoms with E-state index >= 15 is 0 Å². The monoisotopic (exact) mass is 326 g/mol. The van der Waals surface area contributed by atoms with Crippen LogP contribution in [-0.4, -0.2) is 22.1 Å². The average Bonchev–Trinajstić information content (AvgIpc) is 3.28. The van der Waals surface area contributed by atoms with E-state index < -0.39 is 11.4 Å². The Balaban J connectivity index is 2.34. The summed E-state index contributed by atoms with van der Waals surface area (Å²) < 4.78 is 6.77. The van der Waals surface area contributed by atoms with Crippen LogP contribution in [0.25, 0.3) is 10.9 Å². The van der Waals surface area contributed by atoms with E-state index in [0.29, 0.717) is 5.52 Å². The Morgan fingerprint density at radius 2 is 2.19 bits per heavy atom. The van der Waals surface area contributed by atoms with Crippen LogP contribution in [0.1, 0.15) is 36.2 Å². The number of halogens is 2. The molecule has 2 aromatic heterocycles. The molecule has 1 saturated carbocycles. The van der Waals surface area contributed by atoms with Gasteiger partial charge in [-0.2, -0.15) is 0 Å². The van der Waals surface area contributed by atoms with Crippen molar-refractivity contribution in [3.63, 3.8) is 0 Å². The van der Waals surface area contributed by atoms with Gasteiger partial charge in [0, 0.05) is 18.4 Å². The summed E-state index contributed by atoms with van der Waals surface area (Å²) in [5.41, 5.74) is 0.0834. The minimum Gasteiger partial charge on any atom is -0.462 e. The summed E-state index contributed by atoms with van der Waals surface area (Å²) in [5.74, 6) is -0.634. The van der Waals surface area contributed by atoms with Crippen molar-refractivity contribution in [1.29, 1.82) is 0 Å². The van der Waals surface area contributed by atoms with Crippen LogP contribution in [0.2, 0.25) is 10.2 Å². The first-order valence-corrected chi connectivity index (χ1v) is 7.36. The van der Waals surface area contributed by atoms with Crippen LogP contribution in [0, 0.1) is 0 Å². The average molecular weight is 327 g/mol. The van der Waals surface area contributed by atoms with Crippen molar-refractivity contribution in [2.24, 2.45) is 0 Å². The van der Waals surface area contributed by atoms with E-state index in [9.17, 15) is 9.59 Å². The van der Waals surface area contributed by atoms with Gasteiger partial charge in [-0.15, -0.1) is 0 Å². The highest BCUT2D eigenvalue weighted by Gasteiger charge is 2.28. The maximum Gasteiger partial charge on any atom is 0.343 e. The Labute approximate surface area is 130 Å². The highest BCUT2D eigenvalue weighted by atomic mass is 35.5. The first kappa shape index (κ1) is 14.4. The van der Waals surface area contributed by atoms with Crippen LogP contribution >= 0.6 is 23.2 Å². The molecule has 2 heterocycles. The van der Waals surface area contributed by atoms with Gasteiger partial charge in [0.25, 0.3) is 0 Å². The Kier molecular flexibility index (Phi) is 3.63. The molecule has 0 amide bonds. The van der Waals surface area contributed by atoms with E-state index in [4.69, 9.17) is 27.9 Å². The largest absolute Gasteiger partial charge is 0.462 e. The number of esters is 1. The molecular formula is C14H12Cl2N2O3. The molecule has 5 nitrogen and oxygen atoms in total. The van der Waals surface area contributed by atoms with E-state index in [1.807, 2.05) is 4.57 Å². The third-order valence-corrected chi connectivity index (χ3v) is 4.14. The van der Waals surface area contributed by atoms with Crippen molar-refractivity contribution in [1.82, 2.24) is 9.55 Å². The number of fused-ring (bicyclic) bond motifs is 1. The number of aromatic nitrogens is 2. The van der Waals surface area contributed by atoms with Gasteiger partial charge >= 0.3 is 5.97 Å². The number of rotatable bonds is 3. The first-order valence-electron chi connectivity index (χ1n) is 6.60. The normalized spacial score (nSPS) is 14.4. The molecule has 0 aromatic carbocycles. The summed E-state index contributed by atoms with van der Waals surface area (Å²) in [4.78, 5) is 28.3. The molecule has 1 fully saturated rings. The standard InChI is InChI=1S/C14H12Cl2N2O3/c1-2-21-14(20)9-6-18(7-3-4-7)11-8(12(9)19)5-17-13(16)10(11)15/h5-7H,2-4H2,1H3. The lowest BCUT2D eigenvalue weighted by Crippen LogP contribution is -2.21. The van der Waals surface area contributed by atoms with Crippen molar-refractivity contribution in [2.45, 2.75) is 25.8 Å². The molecule has 0 radical (unpaired) electrons. The number of hydrogen-bond donors (Lipinski definition) is 0. The highest BCUT2D eigenvalue weighted by molar-refractivity contribution is 6.44. The van der Waals surface area contributed by atoms with Gasteiger partial charge in [0.05, 0.1) is 17.5 Å². The Bertz CT molecular complexity index is 797. The molecule has 0 aliphatic heterocycles. The van der Waals surface area contributed by atoms with Crippen molar-refractivity contribution < 1.29 is 9.53 Å². The lowest BCUT2D eigenvalue weighted by Gasteiger charge is -2.13. The van der Waals surface area contributed by atoms with Crippen LogP contribution in [0.3, 0.4) is 0 Å². The molecule has 0 bridgehead atoms. The first-order chi connectivity index (χ1) is 10.0. The van der Waals surface area contributed by atoms with Gasteiger partial charge in [-0.05, 0) is 19.8 Å². The molecule has 0 atom stereocenters. The number of pyridine rings is 2. The van der Waals surface area contributed by atoms with E-state index in [1.54, 1.807) is 6.92 Å². The van der Waals surface area contributed by atoms with Crippen molar-refractivity contribution >= 4 is 40.1 Å². The fourth-order valence-electron chi connectivity index (χ4n) is 2.28. The molecule has 110 valence electrons. The van der Waals surface area contributed by atoms with E-state index in [0.717, 1.165) is 12.8 Å². The maximum atomic E-state index is 12.4. The summed E-state index contributed by atoms with van der Waals surface area (Å²) in [5, 5.41) is 0.650. The third-order valence-electron chi connectivity index (χ3n) is 3.40. The quantitative estimate of drug-likeness (QED) is 0.641. The van der Waals surface area contributed by atoms with Gasteiger partial charge in [-0.3, -0.25) is 4.79 Å². The number of ether oxygens (including phenoxy) is 1. The minimum atomic E-state index is -0.634. The van der Waals surface area contributed by atoms with Gasteiger partial charge in [-0.25, -0.2) is 9.78 Å². The fourth-order valence-corrected chi connectivity index (χ4v) is 2.66. The smallest absolute Gasteiger partial charge is 0.343 e. The van der Waals surface area contributed by atoms with Gasteiger partial charge in [0.15, 0.2) is 0 Å². The zero-order valence-electron chi connectivity index (χ0n) is 11.2. The van der Waals surface area contributed by atoms with Crippen molar-refractivity contribution in [2.75, 3.05) is 6.61 Å². The zero-order valence-corrected chi connectivity index (χ0v) is 12.7. The predicted molar refractivity (Wildman–Crippen MR) is 80.3 cm³/mol. The van der Waals surface area contributed by atoms with Crippen molar-refractivity contribution in [3.05, 3.63) is 38.4 Å². The van der Waals surface area contributed by atoms with E-state index in [2.05, 4.69) is 4.98 Å². The van der Waals surface area contributed by atoms with Crippen LogP contribution in [0.4, 0.5) is 0 Å². The van der Waals surface area contributed by atoms with Gasteiger partial charge in [0.1, 0.15) is 15.7 Å². The predicted octanol–water partition coefficient (Wildman–Crippen LogP) is 3.21. The van der Waals surface area contributed by atoms with Crippen LogP contribution in [-0.2, 0) is 4.74 Å². The molecule has 1 aliphatic carbocycles. The van der Waals surface area contributed by atoms with Gasteiger partial charge in [0.2, 0.25) is 5.43 Å². The van der Waals surface area contributed by atoms with Crippen LogP contribution in [0.5, 0.6) is 0 Å². The summed E-state index contributed by atoms with van der Waals surface area (Å²) in [6.45, 7) is 1.90. The van der Waals surface area contributed by atoms with Gasteiger partial charge < -0.3 is 9.30 Å². The number of carbonyl (C=O) groups excluding carboxylic acids is 1. The molecule has 0 N–H and O–H groups in total. The Morgan fingerprint density at radius 1 is 1.48 bits per heavy atom. The number of hydrogen-bond acceptors (Lipinski definition) is 4. The lowest BCUT2D eigenvalue weighted by molar-refractivity contribution is 0.0524. The second-order valence-corrected chi connectivity index (χ2v) is 5.59. The topological polar surface area (TPSA) is 61.2 Å².